The van der Waals surface area contributed by atoms with Gasteiger partial charge in [-0.3, -0.25) is 4.79 Å². The van der Waals surface area contributed by atoms with Crippen molar-refractivity contribution < 1.29 is 13.2 Å². The number of rotatable bonds is 10. The highest BCUT2D eigenvalue weighted by Crippen LogP contribution is 2.14. The zero-order valence-electron chi connectivity index (χ0n) is 13.4. The summed E-state index contributed by atoms with van der Waals surface area (Å²) in [6, 6.07) is 7.52. The minimum atomic E-state index is -3.54. The van der Waals surface area contributed by atoms with Gasteiger partial charge < -0.3 is 5.73 Å². The second-order valence-corrected chi connectivity index (χ2v) is 7.41. The summed E-state index contributed by atoms with van der Waals surface area (Å²) in [6.07, 6.45) is 3.51. The number of amides is 1. The number of benzene rings is 1. The molecule has 22 heavy (non-hydrogen) atoms. The number of unbranched alkanes of at least 4 members (excludes halogenated alkanes) is 2. The van der Waals surface area contributed by atoms with Crippen molar-refractivity contribution in [3.63, 3.8) is 0 Å². The van der Waals surface area contributed by atoms with Gasteiger partial charge in [-0.1, -0.05) is 51.0 Å². The maximum atomic E-state index is 12.5. The molecule has 0 fully saturated rings. The molecule has 0 radical (unpaired) electrons. The third-order valence-corrected chi connectivity index (χ3v) is 5.28. The Balaban J connectivity index is 2.87. The molecule has 0 aromatic heterocycles. The quantitative estimate of drug-likeness (QED) is 0.668. The van der Waals surface area contributed by atoms with Crippen LogP contribution >= 0.6 is 0 Å². The molecule has 0 saturated heterocycles. The molecular weight excluding hydrogens is 300 g/mol. The molecule has 5 nitrogen and oxygen atoms in total. The lowest BCUT2D eigenvalue weighted by Gasteiger charge is -2.21. The molecular formula is C16H26N2O3S. The van der Waals surface area contributed by atoms with E-state index in [1.54, 1.807) is 6.07 Å². The number of sulfonamides is 1. The standard InChI is InChI=1S/C16H26N2O3S/c1-3-5-6-10-18(12-16(17)19)22(20,21)13-15-9-7-8-14(4-2)11-15/h7-9,11H,3-6,10,12-13H2,1-2H3,(H2,17,19). The molecule has 2 N–H and O–H groups in total. The number of hydrogen-bond acceptors (Lipinski definition) is 3. The largest absolute Gasteiger partial charge is 0.369 e. The molecule has 0 saturated carbocycles. The first-order chi connectivity index (χ1) is 10.4. The van der Waals surface area contributed by atoms with Crippen LogP contribution in [-0.2, 0) is 27.0 Å². The van der Waals surface area contributed by atoms with E-state index in [1.807, 2.05) is 32.0 Å². The van der Waals surface area contributed by atoms with Gasteiger partial charge in [-0.25, -0.2) is 8.42 Å². The highest BCUT2D eigenvalue weighted by molar-refractivity contribution is 7.88. The molecule has 1 rings (SSSR count). The van der Waals surface area contributed by atoms with Crippen molar-refractivity contribution in [2.24, 2.45) is 5.73 Å². The van der Waals surface area contributed by atoms with Crippen molar-refractivity contribution in [3.8, 4) is 0 Å². The van der Waals surface area contributed by atoms with E-state index in [2.05, 4.69) is 0 Å². The Kier molecular flexibility index (Phi) is 7.55. The molecule has 0 aliphatic carbocycles. The van der Waals surface area contributed by atoms with Gasteiger partial charge in [0.25, 0.3) is 0 Å². The van der Waals surface area contributed by atoms with Gasteiger partial charge in [0, 0.05) is 6.54 Å². The van der Waals surface area contributed by atoms with Crippen molar-refractivity contribution >= 4 is 15.9 Å². The van der Waals surface area contributed by atoms with Crippen molar-refractivity contribution in [2.75, 3.05) is 13.1 Å². The highest BCUT2D eigenvalue weighted by Gasteiger charge is 2.23. The molecule has 0 aliphatic rings. The van der Waals surface area contributed by atoms with Gasteiger partial charge in [0.2, 0.25) is 15.9 Å². The van der Waals surface area contributed by atoms with E-state index in [4.69, 9.17) is 5.73 Å². The summed E-state index contributed by atoms with van der Waals surface area (Å²) in [4.78, 5) is 11.2. The summed E-state index contributed by atoms with van der Waals surface area (Å²) < 4.78 is 26.3. The molecule has 0 heterocycles. The number of nitrogens with two attached hydrogens (primary N) is 1. The third kappa shape index (κ3) is 6.15. The smallest absolute Gasteiger partial charge is 0.232 e. The van der Waals surface area contributed by atoms with Crippen molar-refractivity contribution in [3.05, 3.63) is 35.4 Å². The number of carbonyl (C=O) groups is 1. The van der Waals surface area contributed by atoms with Gasteiger partial charge in [-0.15, -0.1) is 0 Å². The molecule has 0 spiro atoms. The first-order valence-electron chi connectivity index (χ1n) is 7.73. The van der Waals surface area contributed by atoms with Crippen LogP contribution in [0.15, 0.2) is 24.3 Å². The molecule has 1 aromatic rings. The SMILES string of the molecule is CCCCCN(CC(N)=O)S(=O)(=O)Cc1cccc(CC)c1. The van der Waals surface area contributed by atoms with E-state index in [0.29, 0.717) is 6.54 Å². The molecule has 0 bridgehead atoms. The Morgan fingerprint density at radius 3 is 2.45 bits per heavy atom. The van der Waals surface area contributed by atoms with Gasteiger partial charge in [-0.05, 0) is 24.0 Å². The van der Waals surface area contributed by atoms with Crippen LogP contribution in [0.4, 0.5) is 0 Å². The summed E-state index contributed by atoms with van der Waals surface area (Å²) in [5, 5.41) is 0. The predicted molar refractivity (Wildman–Crippen MR) is 88.7 cm³/mol. The van der Waals surface area contributed by atoms with Crippen LogP contribution in [0.2, 0.25) is 0 Å². The molecule has 1 amide bonds. The van der Waals surface area contributed by atoms with E-state index in [1.165, 1.54) is 4.31 Å². The van der Waals surface area contributed by atoms with E-state index in [0.717, 1.165) is 36.8 Å². The third-order valence-electron chi connectivity index (χ3n) is 3.49. The van der Waals surface area contributed by atoms with E-state index < -0.39 is 15.9 Å². The average molecular weight is 326 g/mol. The Morgan fingerprint density at radius 1 is 1.18 bits per heavy atom. The lowest BCUT2D eigenvalue weighted by atomic mass is 10.1. The fourth-order valence-electron chi connectivity index (χ4n) is 2.27. The van der Waals surface area contributed by atoms with Gasteiger partial charge in [-0.2, -0.15) is 4.31 Å². The van der Waals surface area contributed by atoms with E-state index in [9.17, 15) is 13.2 Å². The lowest BCUT2D eigenvalue weighted by molar-refractivity contribution is -0.118. The lowest BCUT2D eigenvalue weighted by Crippen LogP contribution is -2.39. The molecule has 0 aliphatic heterocycles. The second kappa shape index (κ2) is 8.90. The Hall–Kier alpha value is -1.40. The Bertz CT molecular complexity index is 585. The minimum absolute atomic E-state index is 0.0970. The van der Waals surface area contributed by atoms with Crippen LogP contribution in [0, 0.1) is 0 Å². The van der Waals surface area contributed by atoms with Crippen LogP contribution in [0.1, 0.15) is 44.2 Å². The van der Waals surface area contributed by atoms with Gasteiger partial charge in [0.15, 0.2) is 0 Å². The number of aryl methyl sites for hydroxylation is 1. The summed E-state index contributed by atoms with van der Waals surface area (Å²) >= 11 is 0. The van der Waals surface area contributed by atoms with Crippen LogP contribution < -0.4 is 5.73 Å². The minimum Gasteiger partial charge on any atom is -0.369 e. The summed E-state index contributed by atoms with van der Waals surface area (Å²) in [5.74, 6) is -0.720. The zero-order chi connectivity index (χ0) is 16.6. The van der Waals surface area contributed by atoms with Crippen molar-refractivity contribution in [1.82, 2.24) is 4.31 Å². The fraction of sp³-hybridized carbons (Fsp3) is 0.562. The number of hydrogen-bond donors (Lipinski definition) is 1. The molecule has 0 atom stereocenters. The fourth-order valence-corrected chi connectivity index (χ4v) is 3.78. The molecule has 1 aromatic carbocycles. The molecule has 6 heteroatoms. The summed E-state index contributed by atoms with van der Waals surface area (Å²) in [7, 11) is -3.54. The molecule has 124 valence electrons. The van der Waals surface area contributed by atoms with Crippen LogP contribution in [0.3, 0.4) is 0 Å². The zero-order valence-corrected chi connectivity index (χ0v) is 14.2. The van der Waals surface area contributed by atoms with Crippen LogP contribution in [-0.4, -0.2) is 31.7 Å². The first kappa shape index (κ1) is 18.6. The number of primary amides is 1. The first-order valence-corrected chi connectivity index (χ1v) is 9.34. The highest BCUT2D eigenvalue weighted by atomic mass is 32.2. The normalized spacial score (nSPS) is 11.8. The molecule has 0 unspecified atom stereocenters. The maximum Gasteiger partial charge on any atom is 0.232 e. The van der Waals surface area contributed by atoms with Crippen LogP contribution in [0.25, 0.3) is 0 Å². The maximum absolute atomic E-state index is 12.5. The second-order valence-electron chi connectivity index (χ2n) is 5.44. The van der Waals surface area contributed by atoms with E-state index in [-0.39, 0.29) is 12.3 Å². The summed E-state index contributed by atoms with van der Waals surface area (Å²) in [5.41, 5.74) is 7.03. The van der Waals surface area contributed by atoms with Gasteiger partial charge in [0.05, 0.1) is 12.3 Å². The predicted octanol–water partition coefficient (Wildman–Crippen LogP) is 2.06. The average Bonchev–Trinajstić information content (AvgIpc) is 2.45. The van der Waals surface area contributed by atoms with Crippen molar-refractivity contribution in [1.29, 1.82) is 0 Å². The number of nitrogens with zero attached hydrogens (tertiary/aromatic N) is 1. The Morgan fingerprint density at radius 2 is 1.86 bits per heavy atom. The van der Waals surface area contributed by atoms with Gasteiger partial charge >= 0.3 is 0 Å². The monoisotopic (exact) mass is 326 g/mol. The van der Waals surface area contributed by atoms with Crippen LogP contribution in [0.5, 0.6) is 0 Å². The topological polar surface area (TPSA) is 80.5 Å². The van der Waals surface area contributed by atoms with Gasteiger partial charge in [0.1, 0.15) is 0 Å². The Labute approximate surface area is 133 Å². The summed E-state index contributed by atoms with van der Waals surface area (Å²) in [6.45, 7) is 4.16. The van der Waals surface area contributed by atoms with Crippen molar-refractivity contribution in [2.45, 2.75) is 45.3 Å². The van der Waals surface area contributed by atoms with E-state index >= 15 is 0 Å². The number of carbonyl (C=O) groups excluding carboxylic acids is 1.